The van der Waals surface area contributed by atoms with Gasteiger partial charge < -0.3 is 4.52 Å². The molecular weight excluding hydrogens is 391 g/mol. The summed E-state index contributed by atoms with van der Waals surface area (Å²) in [6.07, 6.45) is 0. The molecule has 0 aliphatic carbocycles. The molecular formula is C20H15FN6O3. The third kappa shape index (κ3) is 2.93. The predicted molar refractivity (Wildman–Crippen MR) is 101 cm³/mol. The lowest BCUT2D eigenvalue weighted by atomic mass is 10.1. The van der Waals surface area contributed by atoms with Crippen molar-refractivity contribution in [3.8, 4) is 11.4 Å². The van der Waals surface area contributed by atoms with Gasteiger partial charge in [-0.05, 0) is 31.2 Å². The number of anilines is 1. The Morgan fingerprint density at radius 3 is 2.50 bits per heavy atom. The van der Waals surface area contributed by atoms with Crippen LogP contribution in [0.1, 0.15) is 11.5 Å². The Bertz CT molecular complexity index is 1160. The molecule has 0 N–H and O–H groups in total. The number of halogens is 1. The number of amides is 2. The van der Waals surface area contributed by atoms with Gasteiger partial charge in [0, 0.05) is 5.56 Å². The lowest BCUT2D eigenvalue weighted by molar-refractivity contribution is -0.123. The van der Waals surface area contributed by atoms with E-state index in [0.717, 1.165) is 16.0 Å². The first-order chi connectivity index (χ1) is 14.5. The second-order valence-electron chi connectivity index (χ2n) is 7.06. The number of benzene rings is 2. The van der Waals surface area contributed by atoms with Gasteiger partial charge in [-0.25, -0.2) is 9.29 Å². The number of fused-ring (bicyclic) bond motifs is 1. The SMILES string of the molecule is Cc1ccc(-c2noc(CN3N=N[C@H]4C(=O)N(c5ccc(F)cc5)C(=O)[C@H]43)n2)cc1. The zero-order valence-corrected chi connectivity index (χ0v) is 15.8. The van der Waals surface area contributed by atoms with E-state index in [1.807, 2.05) is 31.2 Å². The highest BCUT2D eigenvalue weighted by Crippen LogP contribution is 2.32. The average Bonchev–Trinajstić information content (AvgIpc) is 3.43. The van der Waals surface area contributed by atoms with Crippen molar-refractivity contribution in [2.24, 2.45) is 10.3 Å². The fraction of sp³-hybridized carbons (Fsp3) is 0.200. The van der Waals surface area contributed by atoms with Crippen molar-refractivity contribution in [1.29, 1.82) is 0 Å². The quantitative estimate of drug-likeness (QED) is 0.617. The zero-order chi connectivity index (χ0) is 20.8. The number of hydrogen-bond acceptors (Lipinski definition) is 8. The van der Waals surface area contributed by atoms with E-state index in [-0.39, 0.29) is 18.1 Å². The van der Waals surface area contributed by atoms with Crippen LogP contribution >= 0.6 is 0 Å². The van der Waals surface area contributed by atoms with Gasteiger partial charge in [0.25, 0.3) is 11.8 Å². The molecule has 1 saturated heterocycles. The van der Waals surface area contributed by atoms with Gasteiger partial charge in [-0.3, -0.25) is 14.6 Å². The highest BCUT2D eigenvalue weighted by atomic mass is 19.1. The monoisotopic (exact) mass is 406 g/mol. The van der Waals surface area contributed by atoms with Crippen LogP contribution in [0.25, 0.3) is 11.4 Å². The molecule has 150 valence electrons. The van der Waals surface area contributed by atoms with Crippen molar-refractivity contribution in [3.05, 3.63) is 65.8 Å². The molecule has 0 saturated carbocycles. The Kier molecular flexibility index (Phi) is 4.12. The van der Waals surface area contributed by atoms with Crippen molar-refractivity contribution >= 4 is 17.5 Å². The van der Waals surface area contributed by atoms with E-state index in [1.54, 1.807) is 0 Å². The lowest BCUT2D eigenvalue weighted by Gasteiger charge is -2.19. The van der Waals surface area contributed by atoms with Crippen molar-refractivity contribution < 1.29 is 18.5 Å². The van der Waals surface area contributed by atoms with Gasteiger partial charge in [0.2, 0.25) is 11.7 Å². The van der Waals surface area contributed by atoms with E-state index in [9.17, 15) is 14.0 Å². The summed E-state index contributed by atoms with van der Waals surface area (Å²) in [6, 6.07) is 10.9. The number of nitrogens with zero attached hydrogens (tertiary/aromatic N) is 6. The molecule has 2 aliphatic rings. The minimum atomic E-state index is -0.956. The summed E-state index contributed by atoms with van der Waals surface area (Å²) in [5, 5.41) is 13.2. The fourth-order valence-electron chi connectivity index (χ4n) is 3.48. The topological polar surface area (TPSA) is 104 Å². The second-order valence-corrected chi connectivity index (χ2v) is 7.06. The van der Waals surface area contributed by atoms with Crippen molar-refractivity contribution in [1.82, 2.24) is 15.1 Å². The van der Waals surface area contributed by atoms with Crippen molar-refractivity contribution in [3.63, 3.8) is 0 Å². The molecule has 0 spiro atoms. The molecule has 2 atom stereocenters. The summed E-state index contributed by atoms with van der Waals surface area (Å²) in [5.41, 5.74) is 2.20. The average molecular weight is 406 g/mol. The van der Waals surface area contributed by atoms with Crippen LogP contribution in [0.3, 0.4) is 0 Å². The predicted octanol–water partition coefficient (Wildman–Crippen LogP) is 2.68. The van der Waals surface area contributed by atoms with Crippen LogP contribution in [0.2, 0.25) is 0 Å². The van der Waals surface area contributed by atoms with Crippen LogP contribution in [0.15, 0.2) is 63.4 Å². The summed E-state index contributed by atoms with van der Waals surface area (Å²) < 4.78 is 18.5. The van der Waals surface area contributed by atoms with Crippen LogP contribution in [0.4, 0.5) is 10.1 Å². The maximum atomic E-state index is 13.2. The smallest absolute Gasteiger partial charge is 0.263 e. The molecule has 10 heteroatoms. The molecule has 0 radical (unpaired) electrons. The highest BCUT2D eigenvalue weighted by molar-refractivity contribution is 6.25. The van der Waals surface area contributed by atoms with E-state index in [1.165, 1.54) is 29.3 Å². The van der Waals surface area contributed by atoms with Crippen LogP contribution in [-0.2, 0) is 16.1 Å². The van der Waals surface area contributed by atoms with Gasteiger partial charge in [0.15, 0.2) is 12.1 Å². The largest absolute Gasteiger partial charge is 0.337 e. The fourth-order valence-corrected chi connectivity index (χ4v) is 3.48. The summed E-state index contributed by atoms with van der Waals surface area (Å²) in [5.74, 6) is -0.793. The van der Waals surface area contributed by atoms with Gasteiger partial charge in [0.05, 0.1) is 5.69 Å². The van der Waals surface area contributed by atoms with E-state index in [0.29, 0.717) is 5.82 Å². The third-order valence-electron chi connectivity index (χ3n) is 5.02. The van der Waals surface area contributed by atoms with Gasteiger partial charge >= 0.3 is 0 Å². The van der Waals surface area contributed by atoms with E-state index in [4.69, 9.17) is 4.52 Å². The maximum Gasteiger partial charge on any atom is 0.263 e. The third-order valence-corrected chi connectivity index (χ3v) is 5.02. The molecule has 9 nitrogen and oxygen atoms in total. The molecule has 5 rings (SSSR count). The Balaban J connectivity index is 1.36. The van der Waals surface area contributed by atoms with Gasteiger partial charge in [-0.15, -0.1) is 0 Å². The number of rotatable bonds is 4. The molecule has 2 aromatic carbocycles. The number of imide groups is 1. The normalized spacial score (nSPS) is 20.3. The standard InChI is InChI=1S/C20H15FN6O3/c1-11-2-4-12(5-3-11)18-22-15(30-24-18)10-26-17-16(23-25-26)19(28)27(20(17)29)14-8-6-13(21)7-9-14/h2-9,16-17H,10H2,1H3/t16-,17+/m1/s1. The molecule has 3 aromatic rings. The minimum Gasteiger partial charge on any atom is -0.337 e. The maximum absolute atomic E-state index is 13.2. The molecule has 3 heterocycles. The molecule has 1 fully saturated rings. The van der Waals surface area contributed by atoms with Crippen LogP contribution in [0, 0.1) is 12.7 Å². The first-order valence-corrected chi connectivity index (χ1v) is 9.22. The lowest BCUT2D eigenvalue weighted by Crippen LogP contribution is -2.39. The molecule has 1 aromatic heterocycles. The van der Waals surface area contributed by atoms with Crippen LogP contribution in [0.5, 0.6) is 0 Å². The molecule has 0 bridgehead atoms. The van der Waals surface area contributed by atoms with Gasteiger partial charge in [-0.1, -0.05) is 40.2 Å². The number of aryl methyl sites for hydroxylation is 1. The summed E-state index contributed by atoms with van der Waals surface area (Å²) in [6.45, 7) is 2.01. The number of carbonyl (C=O) groups is 2. The summed E-state index contributed by atoms with van der Waals surface area (Å²) >= 11 is 0. The number of aromatic nitrogens is 2. The first-order valence-electron chi connectivity index (χ1n) is 9.22. The summed E-state index contributed by atoms with van der Waals surface area (Å²) in [4.78, 5) is 31.0. The van der Waals surface area contributed by atoms with Gasteiger partial charge in [-0.2, -0.15) is 10.1 Å². The van der Waals surface area contributed by atoms with Crippen LogP contribution in [-0.4, -0.2) is 39.0 Å². The van der Waals surface area contributed by atoms with Crippen LogP contribution < -0.4 is 4.90 Å². The number of carbonyl (C=O) groups excluding carboxylic acids is 2. The minimum absolute atomic E-state index is 0.0276. The molecule has 0 unspecified atom stereocenters. The Hall–Kier alpha value is -3.95. The Morgan fingerprint density at radius 1 is 1.03 bits per heavy atom. The van der Waals surface area contributed by atoms with Gasteiger partial charge in [0.1, 0.15) is 12.4 Å². The zero-order valence-electron chi connectivity index (χ0n) is 15.8. The van der Waals surface area contributed by atoms with Crippen molar-refractivity contribution in [2.75, 3.05) is 4.90 Å². The van der Waals surface area contributed by atoms with Crippen molar-refractivity contribution in [2.45, 2.75) is 25.6 Å². The first kappa shape index (κ1) is 18.1. The second kappa shape index (κ2) is 6.83. The Labute approximate surface area is 169 Å². The van der Waals surface area contributed by atoms with E-state index < -0.39 is 29.7 Å². The molecule has 2 aliphatic heterocycles. The Morgan fingerprint density at radius 2 is 1.77 bits per heavy atom. The van der Waals surface area contributed by atoms with E-state index in [2.05, 4.69) is 20.5 Å². The highest BCUT2D eigenvalue weighted by Gasteiger charge is 2.55. The molecule has 2 amide bonds. The number of hydrogen-bond donors (Lipinski definition) is 0. The molecule has 30 heavy (non-hydrogen) atoms. The van der Waals surface area contributed by atoms with E-state index >= 15 is 0 Å². The summed E-state index contributed by atoms with van der Waals surface area (Å²) in [7, 11) is 0.